The quantitative estimate of drug-likeness (QED) is 0.549. The fraction of sp³-hybridized carbons (Fsp3) is 0.889. The number of hydrogen-bond donors (Lipinski definition) is 1. The summed E-state index contributed by atoms with van der Waals surface area (Å²) in [6.07, 6.45) is -3.69. The number of hydrogen-bond acceptors (Lipinski definition) is 2. The number of halogens is 4. The molecule has 3 nitrogen and oxygen atoms in total. The topological polar surface area (TPSA) is 38.3 Å². The molecule has 0 bridgehead atoms. The molecule has 0 saturated heterocycles. The van der Waals surface area contributed by atoms with E-state index in [1.807, 2.05) is 0 Å². The van der Waals surface area contributed by atoms with Gasteiger partial charge in [-0.1, -0.05) is 0 Å². The summed E-state index contributed by atoms with van der Waals surface area (Å²) in [5.74, 6) is -6.58. The van der Waals surface area contributed by atoms with Gasteiger partial charge in [0.1, 0.15) is 0 Å². The molecule has 0 aliphatic rings. The van der Waals surface area contributed by atoms with Crippen molar-refractivity contribution in [1.82, 2.24) is 5.32 Å². The van der Waals surface area contributed by atoms with Crippen LogP contribution in [0.15, 0.2) is 0 Å². The fourth-order valence-corrected chi connectivity index (χ4v) is 0.810. The number of nitrogens with one attached hydrogen (secondary N) is 1. The van der Waals surface area contributed by atoms with Crippen LogP contribution in [-0.4, -0.2) is 37.5 Å². The maximum atomic E-state index is 12.4. The lowest BCUT2D eigenvalue weighted by molar-refractivity contribution is -0.169. The number of ether oxygens (including phenoxy) is 1. The number of amides is 1. The van der Waals surface area contributed by atoms with Crippen LogP contribution in [0.25, 0.3) is 0 Å². The van der Waals surface area contributed by atoms with Crippen LogP contribution < -0.4 is 5.32 Å². The van der Waals surface area contributed by atoms with Crippen molar-refractivity contribution in [3.63, 3.8) is 0 Å². The molecule has 0 aliphatic heterocycles. The molecule has 0 spiro atoms. The van der Waals surface area contributed by atoms with Crippen LogP contribution in [0, 0.1) is 0 Å². The molecule has 0 rings (SSSR count). The van der Waals surface area contributed by atoms with E-state index in [1.165, 1.54) is 0 Å². The highest BCUT2D eigenvalue weighted by Gasteiger charge is 2.48. The van der Waals surface area contributed by atoms with Crippen molar-refractivity contribution in [3.8, 4) is 0 Å². The van der Waals surface area contributed by atoms with Gasteiger partial charge in [0.2, 0.25) is 0 Å². The zero-order valence-corrected chi connectivity index (χ0v) is 9.10. The lowest BCUT2D eigenvalue weighted by Gasteiger charge is -2.14. The number of carbonyl (C=O) groups excluding carboxylic acids is 1. The van der Waals surface area contributed by atoms with Gasteiger partial charge in [-0.25, -0.2) is 8.78 Å². The van der Waals surface area contributed by atoms with Gasteiger partial charge in [-0.3, -0.25) is 4.79 Å². The summed E-state index contributed by atoms with van der Waals surface area (Å²) >= 11 is 0. The Morgan fingerprint density at radius 1 is 1.38 bits per heavy atom. The van der Waals surface area contributed by atoms with E-state index in [0.29, 0.717) is 6.42 Å². The highest BCUT2D eigenvalue weighted by atomic mass is 19.3. The van der Waals surface area contributed by atoms with E-state index in [2.05, 4.69) is 0 Å². The highest BCUT2D eigenvalue weighted by Crippen LogP contribution is 2.22. The minimum atomic E-state index is -4.63. The molecule has 0 aromatic heterocycles. The Balaban J connectivity index is 3.74. The van der Waals surface area contributed by atoms with Crippen LogP contribution >= 0.6 is 0 Å². The molecule has 0 radical (unpaired) electrons. The van der Waals surface area contributed by atoms with E-state index >= 15 is 0 Å². The first-order valence-corrected chi connectivity index (χ1v) is 4.84. The second-order valence-electron chi connectivity index (χ2n) is 3.45. The Morgan fingerprint density at radius 3 is 2.38 bits per heavy atom. The first-order chi connectivity index (χ1) is 7.28. The third-order valence-electron chi connectivity index (χ3n) is 1.63. The van der Waals surface area contributed by atoms with Gasteiger partial charge < -0.3 is 10.1 Å². The lowest BCUT2D eigenvalue weighted by Crippen LogP contribution is -2.45. The van der Waals surface area contributed by atoms with Gasteiger partial charge in [-0.15, -0.1) is 0 Å². The molecule has 0 heterocycles. The Morgan fingerprint density at radius 2 is 1.94 bits per heavy atom. The van der Waals surface area contributed by atoms with Gasteiger partial charge in [0.25, 0.3) is 5.91 Å². The first-order valence-electron chi connectivity index (χ1n) is 4.84. The normalized spacial score (nSPS) is 12.2. The smallest absolute Gasteiger partial charge is 0.379 e. The average molecular weight is 245 g/mol. The SMILES string of the molecule is CC(C)OCCCNC(=O)C(F)(F)C(F)F. The Kier molecular flexibility index (Phi) is 6.32. The maximum Gasteiger partial charge on any atom is 0.383 e. The summed E-state index contributed by atoms with van der Waals surface area (Å²) in [4.78, 5) is 10.6. The summed E-state index contributed by atoms with van der Waals surface area (Å²) in [6.45, 7) is 3.75. The van der Waals surface area contributed by atoms with E-state index in [9.17, 15) is 22.4 Å². The first kappa shape index (κ1) is 15.2. The third kappa shape index (κ3) is 5.29. The molecule has 16 heavy (non-hydrogen) atoms. The molecule has 0 aromatic carbocycles. The fourth-order valence-electron chi connectivity index (χ4n) is 0.810. The summed E-state index contributed by atoms with van der Waals surface area (Å²) in [6, 6.07) is 0. The van der Waals surface area contributed by atoms with Gasteiger partial charge in [-0.05, 0) is 20.3 Å². The van der Waals surface area contributed by atoms with Crippen molar-refractivity contribution in [1.29, 1.82) is 0 Å². The summed E-state index contributed by atoms with van der Waals surface area (Å²) in [5, 5.41) is 1.73. The summed E-state index contributed by atoms with van der Waals surface area (Å²) in [5.41, 5.74) is 0. The molecule has 0 atom stereocenters. The monoisotopic (exact) mass is 245 g/mol. The van der Waals surface area contributed by atoms with Crippen molar-refractivity contribution >= 4 is 5.91 Å². The minimum Gasteiger partial charge on any atom is -0.379 e. The van der Waals surface area contributed by atoms with Gasteiger partial charge in [0, 0.05) is 13.2 Å². The maximum absolute atomic E-state index is 12.4. The van der Waals surface area contributed by atoms with Gasteiger partial charge in [0.15, 0.2) is 0 Å². The van der Waals surface area contributed by atoms with Crippen LogP contribution in [0.1, 0.15) is 20.3 Å². The molecule has 1 amide bonds. The van der Waals surface area contributed by atoms with E-state index in [0.717, 1.165) is 0 Å². The van der Waals surface area contributed by atoms with Crippen LogP contribution in [0.2, 0.25) is 0 Å². The highest BCUT2D eigenvalue weighted by molar-refractivity contribution is 5.83. The van der Waals surface area contributed by atoms with Gasteiger partial charge in [0.05, 0.1) is 6.10 Å². The molecule has 1 N–H and O–H groups in total. The van der Waals surface area contributed by atoms with Crippen molar-refractivity contribution in [2.75, 3.05) is 13.2 Å². The standard InChI is InChI=1S/C9H15F4NO2/c1-6(2)16-5-3-4-14-8(15)9(12,13)7(10)11/h6-7H,3-5H2,1-2H3,(H,14,15). The van der Waals surface area contributed by atoms with E-state index < -0.39 is 18.3 Å². The molecular weight excluding hydrogens is 230 g/mol. The average Bonchev–Trinajstić information content (AvgIpc) is 2.16. The van der Waals surface area contributed by atoms with Gasteiger partial charge in [-0.2, -0.15) is 8.78 Å². The molecule has 96 valence electrons. The minimum absolute atomic E-state index is 0.00166. The molecule has 0 aliphatic carbocycles. The number of alkyl halides is 4. The van der Waals surface area contributed by atoms with E-state index in [-0.39, 0.29) is 19.3 Å². The van der Waals surface area contributed by atoms with Gasteiger partial charge >= 0.3 is 12.3 Å². The summed E-state index contributed by atoms with van der Waals surface area (Å²) < 4.78 is 53.3. The van der Waals surface area contributed by atoms with E-state index in [4.69, 9.17) is 4.74 Å². The Hall–Kier alpha value is -0.850. The molecular formula is C9H15F4NO2. The molecule has 0 aromatic rings. The zero-order chi connectivity index (χ0) is 12.8. The number of rotatable bonds is 7. The van der Waals surface area contributed by atoms with Crippen LogP contribution in [0.3, 0.4) is 0 Å². The van der Waals surface area contributed by atoms with Crippen LogP contribution in [-0.2, 0) is 9.53 Å². The van der Waals surface area contributed by atoms with E-state index in [1.54, 1.807) is 19.2 Å². The van der Waals surface area contributed by atoms with Crippen molar-refractivity contribution in [3.05, 3.63) is 0 Å². The molecule has 0 saturated carbocycles. The molecule has 0 unspecified atom stereocenters. The molecule has 7 heteroatoms. The third-order valence-corrected chi connectivity index (χ3v) is 1.63. The van der Waals surface area contributed by atoms with Crippen molar-refractivity contribution in [2.45, 2.75) is 38.7 Å². The predicted molar refractivity (Wildman–Crippen MR) is 49.7 cm³/mol. The summed E-state index contributed by atoms with van der Waals surface area (Å²) in [7, 11) is 0. The second kappa shape index (κ2) is 6.67. The Labute approximate surface area is 91.1 Å². The zero-order valence-electron chi connectivity index (χ0n) is 9.10. The predicted octanol–water partition coefficient (Wildman–Crippen LogP) is 1.82. The lowest BCUT2D eigenvalue weighted by atomic mass is 10.3. The van der Waals surface area contributed by atoms with Crippen molar-refractivity contribution in [2.24, 2.45) is 0 Å². The van der Waals surface area contributed by atoms with Crippen LogP contribution in [0.5, 0.6) is 0 Å². The largest absolute Gasteiger partial charge is 0.383 e. The Bertz CT molecular complexity index is 222. The van der Waals surface area contributed by atoms with Crippen LogP contribution in [0.4, 0.5) is 17.6 Å². The number of carbonyl (C=O) groups is 1. The van der Waals surface area contributed by atoms with Crippen molar-refractivity contribution < 1.29 is 27.1 Å². The second-order valence-corrected chi connectivity index (χ2v) is 3.45. The molecule has 0 fully saturated rings.